The van der Waals surface area contributed by atoms with E-state index in [0.717, 1.165) is 50.4 Å². The zero-order valence-electron chi connectivity index (χ0n) is 75.5. The van der Waals surface area contributed by atoms with E-state index in [9.17, 15) is 0 Å². The summed E-state index contributed by atoms with van der Waals surface area (Å²) >= 11 is 1.88. The molecular formula is C129H88N4OS. The van der Waals surface area contributed by atoms with Gasteiger partial charge in [0.25, 0.3) is 0 Å². The van der Waals surface area contributed by atoms with E-state index in [1.165, 1.54) is 223 Å². The van der Waals surface area contributed by atoms with Gasteiger partial charge in [0.1, 0.15) is 11.2 Å². The van der Waals surface area contributed by atoms with Gasteiger partial charge in [-0.15, -0.1) is 11.3 Å². The zero-order valence-corrected chi connectivity index (χ0v) is 76.3. The third kappa shape index (κ3) is 11.1. The maximum atomic E-state index is 6.23. The molecule has 30 rings (SSSR count). The Morgan fingerprint density at radius 1 is 0.215 bits per heavy atom. The summed E-state index contributed by atoms with van der Waals surface area (Å²) in [6.45, 7) is 14.3. The molecule has 0 atom stereocenters. The summed E-state index contributed by atoms with van der Waals surface area (Å²) in [6, 6.07) is 157. The fourth-order valence-electron chi connectivity index (χ4n) is 24.5. The van der Waals surface area contributed by atoms with Crippen LogP contribution in [0.1, 0.15) is 74.9 Å². The summed E-state index contributed by atoms with van der Waals surface area (Å²) in [5, 5.41) is 28.4. The molecule has 5 heterocycles. The van der Waals surface area contributed by atoms with Crippen molar-refractivity contribution in [3.8, 4) is 50.4 Å². The fraction of sp³-hybridized carbons (Fsp3) is 0.0698. The average molecular weight is 1740 g/mol. The van der Waals surface area contributed by atoms with E-state index in [-0.39, 0.29) is 16.2 Å². The molecule has 0 radical (unpaired) electrons. The summed E-state index contributed by atoms with van der Waals surface area (Å²) in [6.07, 6.45) is 0. The minimum Gasteiger partial charge on any atom is -0.456 e. The van der Waals surface area contributed by atoms with Crippen LogP contribution in [0.15, 0.2) is 429 Å². The number of rotatable bonds is 6. The van der Waals surface area contributed by atoms with Crippen molar-refractivity contribution < 1.29 is 4.42 Å². The van der Waals surface area contributed by atoms with Gasteiger partial charge in [-0.25, -0.2) is 0 Å². The van der Waals surface area contributed by atoms with Crippen molar-refractivity contribution in [3.63, 3.8) is 0 Å². The van der Waals surface area contributed by atoms with E-state index in [2.05, 4.69) is 479 Å². The van der Waals surface area contributed by atoms with Gasteiger partial charge in [0.05, 0.1) is 33.1 Å². The molecule has 135 heavy (non-hydrogen) atoms. The topological polar surface area (TPSA) is 31.2 Å². The van der Waals surface area contributed by atoms with Crippen molar-refractivity contribution in [1.82, 2.24) is 13.7 Å². The van der Waals surface area contributed by atoms with Gasteiger partial charge in [-0.1, -0.05) is 351 Å². The molecule has 5 aromatic heterocycles. The number of thiophene rings is 1. The molecule has 0 spiro atoms. The molecule has 0 fully saturated rings. The van der Waals surface area contributed by atoms with Crippen LogP contribution in [-0.4, -0.2) is 13.7 Å². The molecule has 22 aromatic carbocycles. The number of benzene rings is 22. The summed E-state index contributed by atoms with van der Waals surface area (Å²) in [5.41, 5.74) is 32.4. The number of aromatic nitrogens is 3. The van der Waals surface area contributed by atoms with Crippen LogP contribution >= 0.6 is 11.3 Å². The van der Waals surface area contributed by atoms with Crippen LogP contribution in [0.2, 0.25) is 0 Å². The molecule has 0 saturated carbocycles. The maximum absolute atomic E-state index is 6.23. The summed E-state index contributed by atoms with van der Waals surface area (Å²) in [7, 11) is 0. The smallest absolute Gasteiger partial charge is 0.135 e. The van der Waals surface area contributed by atoms with Crippen LogP contribution in [-0.2, 0) is 16.2 Å². The minimum absolute atomic E-state index is 0.0765. The van der Waals surface area contributed by atoms with Crippen LogP contribution in [0, 0.1) is 0 Å². The number of hydrogen-bond acceptors (Lipinski definition) is 3. The summed E-state index contributed by atoms with van der Waals surface area (Å²) in [5.74, 6) is 0. The van der Waals surface area contributed by atoms with Crippen molar-refractivity contribution >= 4 is 201 Å². The Bertz CT molecular complexity index is 9390. The normalized spacial score (nSPS) is 13.7. The molecular weight excluding hydrogens is 1650 g/mol. The lowest BCUT2D eigenvalue weighted by atomic mass is 9.68. The highest BCUT2D eigenvalue weighted by Gasteiger charge is 2.40. The third-order valence-electron chi connectivity index (χ3n) is 30.6. The molecule has 0 saturated heterocycles. The van der Waals surface area contributed by atoms with E-state index in [1.807, 2.05) is 17.4 Å². The predicted molar refractivity (Wildman–Crippen MR) is 575 cm³/mol. The van der Waals surface area contributed by atoms with Gasteiger partial charge in [0.2, 0.25) is 0 Å². The van der Waals surface area contributed by atoms with Crippen LogP contribution < -0.4 is 4.90 Å². The van der Waals surface area contributed by atoms with E-state index < -0.39 is 0 Å². The molecule has 0 amide bonds. The molecule has 5 nitrogen and oxygen atoms in total. The first-order valence-corrected chi connectivity index (χ1v) is 48.0. The van der Waals surface area contributed by atoms with Crippen LogP contribution in [0.3, 0.4) is 0 Å². The first kappa shape index (κ1) is 77.4. The lowest BCUT2D eigenvalue weighted by Gasteiger charge is -2.35. The highest BCUT2D eigenvalue weighted by Crippen LogP contribution is 2.59. The lowest BCUT2D eigenvalue weighted by molar-refractivity contribution is 0.645. The van der Waals surface area contributed by atoms with Gasteiger partial charge >= 0.3 is 0 Å². The zero-order chi connectivity index (χ0) is 89.6. The Morgan fingerprint density at radius 2 is 0.541 bits per heavy atom. The quantitative estimate of drug-likeness (QED) is 0.166. The molecule has 27 aromatic rings. The maximum Gasteiger partial charge on any atom is 0.135 e. The van der Waals surface area contributed by atoms with Crippen molar-refractivity contribution in [2.45, 2.75) is 57.8 Å². The van der Waals surface area contributed by atoms with Gasteiger partial charge in [-0.3, -0.25) is 0 Å². The Kier molecular flexibility index (Phi) is 16.5. The minimum atomic E-state index is -0.0962. The number of nitrogens with zero attached hydrogens (tertiary/aromatic N) is 4. The number of para-hydroxylation sites is 3. The van der Waals surface area contributed by atoms with Crippen LogP contribution in [0.25, 0.3) is 223 Å². The fourth-order valence-corrected chi connectivity index (χ4v) is 25.6. The first-order chi connectivity index (χ1) is 66.3. The Labute approximate surface area is 784 Å². The SMILES string of the molecule is CC1(C)c2ccccc2-c2c3c1cccc3cc1c2c2ccc3ccccc3c2n1-c1ccc(N(c2ccccc2)c2ccccc2)cc1.CC1(C)c2ccccc2-c2c3c1cccc3cc1c2c2ccc3ccccc3c2n1-c1ccc2oc3ccccc3c2c1.CC1(C)c2ccccc2-c2c3c1cccc3cc1c2c2ccc3ccccc3c2n1-c1ccc2sc3ccccc3c2c1. The molecule has 0 unspecified atom stereocenters. The average Bonchev–Trinajstić information content (AvgIpc) is 1.58. The molecule has 3 aliphatic carbocycles. The number of anilines is 3. The Balaban J connectivity index is 0.000000101. The number of fused-ring (bicyclic) bond motifs is 30. The van der Waals surface area contributed by atoms with E-state index >= 15 is 0 Å². The van der Waals surface area contributed by atoms with E-state index in [1.54, 1.807) is 0 Å². The highest BCUT2D eigenvalue weighted by molar-refractivity contribution is 7.25. The van der Waals surface area contributed by atoms with Crippen LogP contribution in [0.5, 0.6) is 0 Å². The molecule has 636 valence electrons. The van der Waals surface area contributed by atoms with E-state index in [0.29, 0.717) is 0 Å². The Hall–Kier alpha value is -16.4. The van der Waals surface area contributed by atoms with Crippen molar-refractivity contribution in [2.75, 3.05) is 4.90 Å². The molecule has 0 N–H and O–H groups in total. The van der Waals surface area contributed by atoms with Gasteiger partial charge in [0, 0.05) is 146 Å². The van der Waals surface area contributed by atoms with Crippen molar-refractivity contribution in [1.29, 1.82) is 0 Å². The van der Waals surface area contributed by atoms with Crippen molar-refractivity contribution in [3.05, 3.63) is 458 Å². The highest BCUT2D eigenvalue weighted by atomic mass is 32.1. The van der Waals surface area contributed by atoms with Gasteiger partial charge in [-0.05, 0) is 214 Å². The summed E-state index contributed by atoms with van der Waals surface area (Å²) < 4.78 is 16.5. The van der Waals surface area contributed by atoms with Gasteiger partial charge in [0.15, 0.2) is 0 Å². The largest absolute Gasteiger partial charge is 0.456 e. The predicted octanol–water partition coefficient (Wildman–Crippen LogP) is 35.9. The number of hydrogen-bond donors (Lipinski definition) is 0. The molecule has 3 aliphatic rings. The monoisotopic (exact) mass is 1740 g/mol. The third-order valence-corrected chi connectivity index (χ3v) is 31.8. The van der Waals surface area contributed by atoms with Gasteiger partial charge in [-0.2, -0.15) is 0 Å². The lowest BCUT2D eigenvalue weighted by Crippen LogP contribution is -2.23. The standard InChI is InChI=1S/C47H34N2.C41H27NO.C41H27NS/c1-47(2)40-22-12-11-21-38(40)45-43-32(15-13-23-41(43)47)30-42-44(45)39-29-24-31-14-9-10-20-37(31)46(39)49(42)36-27-25-35(26-28-36)48(33-16-5-3-6-17-33)34-18-7-4-8-19-34;2*1-41(2)32-15-7-5-14-29(32)39-37-25(11-9-16-33(37)41)22-34-38(39)30-20-18-24-10-3-4-12-27(24)40(30)42(34)26-19-21-36-31(23-26)28-13-6-8-17-35(28)43-36/h3-30H,1-2H3;2*3-23H,1-2H3. The van der Waals surface area contributed by atoms with Gasteiger partial charge < -0.3 is 23.0 Å². The summed E-state index contributed by atoms with van der Waals surface area (Å²) in [4.78, 5) is 2.32. The second-order valence-corrected chi connectivity index (χ2v) is 39.9. The molecule has 0 aliphatic heterocycles. The second kappa shape index (κ2) is 28.8. The van der Waals surface area contributed by atoms with Crippen molar-refractivity contribution in [2.24, 2.45) is 0 Å². The Morgan fingerprint density at radius 3 is 0.993 bits per heavy atom. The molecule has 6 heteroatoms. The van der Waals surface area contributed by atoms with E-state index in [4.69, 9.17) is 4.42 Å². The van der Waals surface area contributed by atoms with Crippen LogP contribution in [0.4, 0.5) is 17.1 Å². The molecule has 0 bridgehead atoms. The first-order valence-electron chi connectivity index (χ1n) is 47.2. The number of furan rings is 1. The second-order valence-electron chi connectivity index (χ2n) is 38.8.